The van der Waals surface area contributed by atoms with E-state index >= 15 is 0 Å². The fourth-order valence-electron chi connectivity index (χ4n) is 3.49. The lowest BCUT2D eigenvalue weighted by Crippen LogP contribution is -2.32. The first-order valence-corrected chi connectivity index (χ1v) is 8.80. The number of hydrogen-bond donors (Lipinski definition) is 1. The summed E-state index contributed by atoms with van der Waals surface area (Å²) in [6, 6.07) is 12.0. The Labute approximate surface area is 153 Å². The normalized spacial score (nSPS) is 16.2. The lowest BCUT2D eigenvalue weighted by Gasteiger charge is -2.27. The van der Waals surface area contributed by atoms with Gasteiger partial charge in [-0.3, -0.25) is 4.79 Å². The minimum absolute atomic E-state index is 0.0611. The van der Waals surface area contributed by atoms with Crippen molar-refractivity contribution in [3.8, 4) is 11.8 Å². The minimum Gasteiger partial charge on any atom is -0.440 e. The average molecular weight is 349 g/mol. The second kappa shape index (κ2) is 6.72. The molecule has 0 fully saturated rings. The van der Waals surface area contributed by atoms with Crippen LogP contribution in [-0.2, 0) is 6.54 Å². The number of nitrogens with zero attached hydrogens (tertiary/aromatic N) is 2. The highest BCUT2D eigenvalue weighted by Gasteiger charge is 2.34. The Morgan fingerprint density at radius 1 is 1.31 bits per heavy atom. The quantitative estimate of drug-likeness (QED) is 0.919. The zero-order valence-corrected chi connectivity index (χ0v) is 15.5. The fourth-order valence-corrected chi connectivity index (χ4v) is 3.49. The number of ether oxygens (including phenoxy) is 1. The standard InChI is InChI=1S/C21H23N3O2/c1-5-24-13(4)10-17-19(21(24)25)18(16(11-22)20(23)26-17)15-8-6-14(7-9-15)12(2)3/h6-10,12,18H,5,23H2,1-4H3/t18-/m1/s1. The van der Waals surface area contributed by atoms with Gasteiger partial charge in [0.15, 0.2) is 0 Å². The van der Waals surface area contributed by atoms with Crippen molar-refractivity contribution in [2.75, 3.05) is 0 Å². The number of rotatable bonds is 3. The Morgan fingerprint density at radius 3 is 2.50 bits per heavy atom. The van der Waals surface area contributed by atoms with E-state index in [2.05, 4.69) is 19.9 Å². The predicted octanol–water partition coefficient (Wildman–Crippen LogP) is 3.52. The molecule has 0 saturated heterocycles. The molecule has 1 aliphatic heterocycles. The van der Waals surface area contributed by atoms with Gasteiger partial charge in [0, 0.05) is 18.3 Å². The molecule has 26 heavy (non-hydrogen) atoms. The number of pyridine rings is 1. The molecular formula is C21H23N3O2. The van der Waals surface area contributed by atoms with Crippen LogP contribution in [0.25, 0.3) is 0 Å². The van der Waals surface area contributed by atoms with Crippen LogP contribution in [0, 0.1) is 18.3 Å². The molecule has 5 heteroatoms. The van der Waals surface area contributed by atoms with Gasteiger partial charge in [0.05, 0.1) is 11.5 Å². The summed E-state index contributed by atoms with van der Waals surface area (Å²) in [6.07, 6.45) is 0. The number of nitrogens with two attached hydrogens (primary N) is 1. The molecule has 1 aliphatic rings. The highest BCUT2D eigenvalue weighted by atomic mass is 16.5. The highest BCUT2D eigenvalue weighted by Crippen LogP contribution is 2.40. The third kappa shape index (κ3) is 2.78. The maximum Gasteiger partial charge on any atom is 0.258 e. The van der Waals surface area contributed by atoms with Crippen molar-refractivity contribution < 1.29 is 4.74 Å². The second-order valence-corrected chi connectivity index (χ2v) is 6.86. The Kier molecular flexibility index (Phi) is 4.60. The lowest BCUT2D eigenvalue weighted by atomic mass is 9.83. The van der Waals surface area contributed by atoms with Crippen molar-refractivity contribution in [3.63, 3.8) is 0 Å². The van der Waals surface area contributed by atoms with E-state index in [-0.39, 0.29) is 17.0 Å². The van der Waals surface area contributed by atoms with Crippen molar-refractivity contribution in [2.24, 2.45) is 5.73 Å². The van der Waals surface area contributed by atoms with Gasteiger partial charge in [-0.1, -0.05) is 38.1 Å². The van der Waals surface area contributed by atoms with Crippen LogP contribution in [0.15, 0.2) is 46.6 Å². The zero-order valence-electron chi connectivity index (χ0n) is 15.5. The summed E-state index contributed by atoms with van der Waals surface area (Å²) in [4.78, 5) is 13.1. The molecule has 0 saturated carbocycles. The van der Waals surface area contributed by atoms with Gasteiger partial charge in [-0.05, 0) is 30.9 Å². The van der Waals surface area contributed by atoms with Crippen molar-refractivity contribution in [3.05, 3.63) is 74.5 Å². The zero-order chi connectivity index (χ0) is 19.0. The third-order valence-electron chi connectivity index (χ3n) is 4.94. The molecule has 0 spiro atoms. The van der Waals surface area contributed by atoms with E-state index in [4.69, 9.17) is 10.5 Å². The number of benzene rings is 1. The molecule has 0 radical (unpaired) electrons. The van der Waals surface area contributed by atoms with Gasteiger partial charge in [-0.25, -0.2) is 0 Å². The Morgan fingerprint density at radius 2 is 1.96 bits per heavy atom. The number of aryl methyl sites for hydroxylation is 1. The SMILES string of the molecule is CCn1c(C)cc2c(c1=O)[C@H](c1ccc(C(C)C)cc1)C(C#N)=C(N)O2. The van der Waals surface area contributed by atoms with Crippen LogP contribution in [0.2, 0.25) is 0 Å². The first kappa shape index (κ1) is 17.8. The predicted molar refractivity (Wildman–Crippen MR) is 101 cm³/mol. The van der Waals surface area contributed by atoms with Gasteiger partial charge < -0.3 is 15.0 Å². The molecule has 2 N–H and O–H groups in total. The summed E-state index contributed by atoms with van der Waals surface area (Å²) in [5, 5.41) is 9.66. The van der Waals surface area contributed by atoms with Gasteiger partial charge in [0.1, 0.15) is 17.4 Å². The maximum atomic E-state index is 13.1. The Bertz CT molecular complexity index is 976. The van der Waals surface area contributed by atoms with Crippen molar-refractivity contribution in [1.29, 1.82) is 5.26 Å². The molecule has 0 unspecified atom stereocenters. The van der Waals surface area contributed by atoms with Crippen LogP contribution in [0.3, 0.4) is 0 Å². The monoisotopic (exact) mass is 349 g/mol. The van der Waals surface area contributed by atoms with Crippen molar-refractivity contribution in [2.45, 2.75) is 46.1 Å². The number of fused-ring (bicyclic) bond motifs is 1. The van der Waals surface area contributed by atoms with Crippen molar-refractivity contribution in [1.82, 2.24) is 4.57 Å². The van der Waals surface area contributed by atoms with E-state index in [1.807, 2.05) is 44.2 Å². The summed E-state index contributed by atoms with van der Waals surface area (Å²) in [5.41, 5.74) is 9.49. The summed E-state index contributed by atoms with van der Waals surface area (Å²) in [6.45, 7) is 8.59. The number of aromatic nitrogens is 1. The first-order valence-electron chi connectivity index (χ1n) is 8.80. The van der Waals surface area contributed by atoms with Crippen LogP contribution in [0.1, 0.15) is 55.0 Å². The molecule has 2 heterocycles. The van der Waals surface area contributed by atoms with E-state index in [1.54, 1.807) is 4.57 Å². The maximum absolute atomic E-state index is 13.1. The van der Waals surface area contributed by atoms with Gasteiger partial charge >= 0.3 is 0 Å². The summed E-state index contributed by atoms with van der Waals surface area (Å²) in [5.74, 6) is 0.385. The van der Waals surface area contributed by atoms with Gasteiger partial charge in [-0.2, -0.15) is 5.26 Å². The number of hydrogen-bond acceptors (Lipinski definition) is 4. The Balaban J connectivity index is 2.27. The molecule has 1 aromatic carbocycles. The number of nitriles is 1. The largest absolute Gasteiger partial charge is 0.440 e. The first-order chi connectivity index (χ1) is 12.4. The molecule has 3 rings (SSSR count). The molecule has 2 aromatic rings. The minimum atomic E-state index is -0.518. The lowest BCUT2D eigenvalue weighted by molar-refractivity contribution is 0.388. The van der Waals surface area contributed by atoms with Crippen LogP contribution in [0.5, 0.6) is 5.75 Å². The van der Waals surface area contributed by atoms with Crippen LogP contribution in [0.4, 0.5) is 0 Å². The molecule has 0 bridgehead atoms. The summed E-state index contributed by atoms with van der Waals surface area (Å²) < 4.78 is 7.32. The smallest absolute Gasteiger partial charge is 0.258 e. The highest BCUT2D eigenvalue weighted by molar-refractivity contribution is 5.55. The van der Waals surface area contributed by atoms with E-state index < -0.39 is 5.92 Å². The summed E-state index contributed by atoms with van der Waals surface area (Å²) >= 11 is 0. The fraction of sp³-hybridized carbons (Fsp3) is 0.333. The molecule has 1 atom stereocenters. The van der Waals surface area contributed by atoms with Gasteiger partial charge in [-0.15, -0.1) is 0 Å². The van der Waals surface area contributed by atoms with Crippen LogP contribution >= 0.6 is 0 Å². The average Bonchev–Trinajstić information content (AvgIpc) is 2.61. The Hall–Kier alpha value is -3.00. The topological polar surface area (TPSA) is 81.0 Å². The molecule has 5 nitrogen and oxygen atoms in total. The summed E-state index contributed by atoms with van der Waals surface area (Å²) in [7, 11) is 0. The van der Waals surface area contributed by atoms with Crippen LogP contribution < -0.4 is 16.0 Å². The number of allylic oxidation sites excluding steroid dienone is 1. The molecule has 134 valence electrons. The van der Waals surface area contributed by atoms with Crippen molar-refractivity contribution >= 4 is 0 Å². The van der Waals surface area contributed by atoms with Crippen LogP contribution in [-0.4, -0.2) is 4.57 Å². The van der Waals surface area contributed by atoms with Gasteiger partial charge in [0.2, 0.25) is 5.88 Å². The molecular weight excluding hydrogens is 326 g/mol. The molecule has 0 amide bonds. The van der Waals surface area contributed by atoms with E-state index in [0.29, 0.717) is 23.8 Å². The molecule has 0 aliphatic carbocycles. The van der Waals surface area contributed by atoms with Gasteiger partial charge in [0.25, 0.3) is 5.56 Å². The van der Waals surface area contributed by atoms with E-state index in [0.717, 1.165) is 11.3 Å². The third-order valence-corrected chi connectivity index (χ3v) is 4.94. The van der Waals surface area contributed by atoms with E-state index in [1.165, 1.54) is 5.56 Å². The van der Waals surface area contributed by atoms with E-state index in [9.17, 15) is 10.1 Å². The molecule has 1 aromatic heterocycles. The second-order valence-electron chi connectivity index (χ2n) is 6.86.